The fourth-order valence-corrected chi connectivity index (χ4v) is 3.85. The third-order valence-corrected chi connectivity index (χ3v) is 5.35. The molecule has 1 aromatic rings. The molecule has 0 spiro atoms. The Morgan fingerprint density at radius 2 is 1.58 bits per heavy atom. The minimum absolute atomic E-state index is 0.255. The Bertz CT molecular complexity index is 507. The number of hydrogen-bond acceptors (Lipinski definition) is 4. The fourth-order valence-electron chi connectivity index (χ4n) is 3.85. The Morgan fingerprint density at radius 1 is 0.958 bits per heavy atom. The lowest BCUT2D eigenvalue weighted by Crippen LogP contribution is -2.55. The summed E-state index contributed by atoms with van der Waals surface area (Å²) in [5.74, 6) is 0.110. The molecule has 1 aromatic carbocycles. The van der Waals surface area contributed by atoms with Crippen molar-refractivity contribution in [3.63, 3.8) is 0 Å². The predicted molar refractivity (Wildman–Crippen MR) is 94.7 cm³/mol. The number of piperazine rings is 1. The molecule has 0 unspecified atom stereocenters. The minimum atomic E-state index is -0.696. The van der Waals surface area contributed by atoms with Gasteiger partial charge in [0.1, 0.15) is 0 Å². The Labute approximate surface area is 144 Å². The van der Waals surface area contributed by atoms with Crippen LogP contribution in [-0.4, -0.2) is 71.8 Å². The molecule has 5 heteroatoms. The molecule has 5 nitrogen and oxygen atoms in total. The second-order valence-corrected chi connectivity index (χ2v) is 7.03. The van der Waals surface area contributed by atoms with Gasteiger partial charge in [-0.2, -0.15) is 0 Å². The van der Waals surface area contributed by atoms with Crippen molar-refractivity contribution in [1.29, 1.82) is 0 Å². The fraction of sp³-hybridized carbons (Fsp3) is 0.632. The number of benzene rings is 1. The van der Waals surface area contributed by atoms with Gasteiger partial charge in [-0.15, -0.1) is 0 Å². The third kappa shape index (κ3) is 5.03. The normalized spacial score (nSPS) is 21.8. The molecular weight excluding hydrogens is 302 g/mol. The molecule has 2 aliphatic heterocycles. The second-order valence-electron chi connectivity index (χ2n) is 7.03. The van der Waals surface area contributed by atoms with Gasteiger partial charge in [-0.25, -0.2) is 10.0 Å². The zero-order valence-corrected chi connectivity index (χ0v) is 14.4. The summed E-state index contributed by atoms with van der Waals surface area (Å²) in [7, 11) is 0. The second kappa shape index (κ2) is 8.60. The monoisotopic (exact) mass is 331 g/mol. The highest BCUT2D eigenvalue weighted by atomic mass is 16.4. The third-order valence-electron chi connectivity index (χ3n) is 5.35. The maximum absolute atomic E-state index is 10.7. The summed E-state index contributed by atoms with van der Waals surface area (Å²) in [6, 6.07) is 10.8. The molecule has 0 radical (unpaired) electrons. The molecule has 0 amide bonds. The van der Waals surface area contributed by atoms with Gasteiger partial charge in [-0.3, -0.25) is 4.79 Å². The first-order valence-corrected chi connectivity index (χ1v) is 9.18. The van der Waals surface area contributed by atoms with Crippen molar-refractivity contribution in [1.82, 2.24) is 14.9 Å². The van der Waals surface area contributed by atoms with Gasteiger partial charge in [0.05, 0.1) is 6.42 Å². The van der Waals surface area contributed by atoms with E-state index in [0.717, 1.165) is 45.2 Å². The quantitative estimate of drug-likeness (QED) is 0.863. The van der Waals surface area contributed by atoms with Gasteiger partial charge in [0.15, 0.2) is 0 Å². The molecule has 0 aromatic heterocycles. The number of carbonyl (C=O) groups is 1. The zero-order valence-electron chi connectivity index (χ0n) is 14.4. The van der Waals surface area contributed by atoms with Crippen LogP contribution in [0.15, 0.2) is 30.3 Å². The van der Waals surface area contributed by atoms with E-state index in [0.29, 0.717) is 6.54 Å². The van der Waals surface area contributed by atoms with Crippen molar-refractivity contribution in [3.05, 3.63) is 35.9 Å². The smallest absolute Gasteiger partial charge is 0.304 e. The van der Waals surface area contributed by atoms with Crippen LogP contribution in [0.25, 0.3) is 0 Å². The van der Waals surface area contributed by atoms with Crippen LogP contribution in [0.3, 0.4) is 0 Å². The summed E-state index contributed by atoms with van der Waals surface area (Å²) in [6.45, 7) is 7.03. The van der Waals surface area contributed by atoms with Crippen molar-refractivity contribution in [2.75, 3.05) is 45.8 Å². The van der Waals surface area contributed by atoms with E-state index in [1.807, 2.05) is 0 Å². The number of carboxylic acid groups (broad SMARTS) is 1. The van der Waals surface area contributed by atoms with Crippen LogP contribution >= 0.6 is 0 Å². The lowest BCUT2D eigenvalue weighted by molar-refractivity contribution is -0.137. The highest BCUT2D eigenvalue weighted by molar-refractivity contribution is 5.66. The van der Waals surface area contributed by atoms with Crippen molar-refractivity contribution in [2.24, 2.45) is 5.92 Å². The molecule has 2 saturated heterocycles. The van der Waals surface area contributed by atoms with Crippen LogP contribution in [0.2, 0.25) is 0 Å². The van der Waals surface area contributed by atoms with Crippen LogP contribution in [0, 0.1) is 5.92 Å². The maximum Gasteiger partial charge on any atom is 0.304 e. The summed E-state index contributed by atoms with van der Waals surface area (Å²) in [5.41, 5.74) is 1.46. The van der Waals surface area contributed by atoms with E-state index in [-0.39, 0.29) is 6.42 Å². The first kappa shape index (κ1) is 17.4. The van der Waals surface area contributed by atoms with Crippen LogP contribution < -0.4 is 0 Å². The van der Waals surface area contributed by atoms with Crippen LogP contribution in [0.4, 0.5) is 0 Å². The summed E-state index contributed by atoms with van der Waals surface area (Å²) >= 11 is 0. The average Bonchev–Trinajstić information content (AvgIpc) is 2.62. The topological polar surface area (TPSA) is 47.0 Å². The van der Waals surface area contributed by atoms with Gasteiger partial charge < -0.3 is 10.0 Å². The first-order chi connectivity index (χ1) is 11.7. The van der Waals surface area contributed by atoms with Crippen molar-refractivity contribution >= 4 is 5.97 Å². The Morgan fingerprint density at radius 3 is 2.21 bits per heavy atom. The number of hydrogen-bond donors (Lipinski definition) is 1. The summed E-state index contributed by atoms with van der Waals surface area (Å²) < 4.78 is 0. The van der Waals surface area contributed by atoms with E-state index in [2.05, 4.69) is 45.2 Å². The minimum Gasteiger partial charge on any atom is -0.481 e. The van der Waals surface area contributed by atoms with E-state index in [1.54, 1.807) is 0 Å². The first-order valence-electron chi connectivity index (χ1n) is 9.18. The van der Waals surface area contributed by atoms with Gasteiger partial charge in [-0.1, -0.05) is 30.3 Å². The number of carboxylic acids is 1. The molecule has 1 N–H and O–H groups in total. The molecule has 2 aliphatic rings. The summed E-state index contributed by atoms with van der Waals surface area (Å²) in [4.78, 5) is 12.9. The van der Waals surface area contributed by atoms with E-state index in [4.69, 9.17) is 5.11 Å². The SMILES string of the molecule is O=C(O)CCN1CCN(N2CCC(Cc3ccccc3)CC2)CC1. The Balaban J connectivity index is 1.37. The molecule has 0 bridgehead atoms. The van der Waals surface area contributed by atoms with Gasteiger partial charge in [-0.05, 0) is 30.7 Å². The van der Waals surface area contributed by atoms with E-state index < -0.39 is 5.97 Å². The van der Waals surface area contributed by atoms with Crippen LogP contribution in [0.5, 0.6) is 0 Å². The molecule has 2 fully saturated rings. The Kier molecular flexibility index (Phi) is 6.24. The highest BCUT2D eigenvalue weighted by Gasteiger charge is 2.26. The maximum atomic E-state index is 10.7. The van der Waals surface area contributed by atoms with Gasteiger partial charge in [0.2, 0.25) is 0 Å². The van der Waals surface area contributed by atoms with Crippen molar-refractivity contribution in [2.45, 2.75) is 25.7 Å². The van der Waals surface area contributed by atoms with Crippen molar-refractivity contribution < 1.29 is 9.90 Å². The largest absolute Gasteiger partial charge is 0.481 e. The average molecular weight is 331 g/mol. The molecule has 24 heavy (non-hydrogen) atoms. The molecular formula is C19H29N3O2. The van der Waals surface area contributed by atoms with Crippen LogP contribution in [-0.2, 0) is 11.2 Å². The number of nitrogens with zero attached hydrogens (tertiary/aromatic N) is 3. The molecule has 3 rings (SSSR count). The number of hydrazine groups is 1. The van der Waals surface area contributed by atoms with E-state index >= 15 is 0 Å². The van der Waals surface area contributed by atoms with E-state index in [1.165, 1.54) is 24.8 Å². The molecule has 0 atom stereocenters. The highest BCUT2D eigenvalue weighted by Crippen LogP contribution is 2.23. The number of rotatable bonds is 6. The van der Waals surface area contributed by atoms with Gasteiger partial charge in [0.25, 0.3) is 0 Å². The molecule has 0 saturated carbocycles. The van der Waals surface area contributed by atoms with Crippen molar-refractivity contribution in [3.8, 4) is 0 Å². The summed E-state index contributed by atoms with van der Waals surface area (Å²) in [6.07, 6.45) is 4.00. The molecule has 0 aliphatic carbocycles. The van der Waals surface area contributed by atoms with E-state index in [9.17, 15) is 4.79 Å². The summed E-state index contributed by atoms with van der Waals surface area (Å²) in [5, 5.41) is 13.8. The van der Waals surface area contributed by atoms with Gasteiger partial charge in [0, 0.05) is 45.8 Å². The lowest BCUT2D eigenvalue weighted by Gasteiger charge is -2.44. The molecule has 132 valence electrons. The predicted octanol–water partition coefficient (Wildman–Crippen LogP) is 1.95. The van der Waals surface area contributed by atoms with Crippen LogP contribution in [0.1, 0.15) is 24.8 Å². The zero-order chi connectivity index (χ0) is 16.8. The number of aliphatic carboxylic acids is 1. The molecule has 2 heterocycles. The lowest BCUT2D eigenvalue weighted by atomic mass is 9.91. The van der Waals surface area contributed by atoms with Gasteiger partial charge >= 0.3 is 5.97 Å². The number of piperidine rings is 1. The Hall–Kier alpha value is -1.43. The standard InChI is InChI=1S/C19H29N3O2/c23-19(24)8-9-20-12-14-22(15-13-20)21-10-6-18(7-11-21)16-17-4-2-1-3-5-17/h1-5,18H,6-16H2,(H,23,24).